The van der Waals surface area contributed by atoms with Gasteiger partial charge in [0, 0.05) is 17.9 Å². The predicted octanol–water partition coefficient (Wildman–Crippen LogP) is 3.16. The van der Waals surface area contributed by atoms with Gasteiger partial charge in [0.15, 0.2) is 5.16 Å². The Labute approximate surface area is 109 Å². The smallest absolute Gasteiger partial charge is 0.190 e. The van der Waals surface area contributed by atoms with Crippen LogP contribution < -0.4 is 5.32 Å². The van der Waals surface area contributed by atoms with E-state index in [0.29, 0.717) is 15.6 Å². The zero-order valence-electron chi connectivity index (χ0n) is 9.07. The number of anilines is 1. The van der Waals surface area contributed by atoms with Gasteiger partial charge in [-0.15, -0.1) is 0 Å². The summed E-state index contributed by atoms with van der Waals surface area (Å²) in [6, 6.07) is 1.78. The number of halogens is 1. The molecule has 0 spiro atoms. The molecule has 1 aromatic heterocycles. The highest BCUT2D eigenvalue weighted by atomic mass is 35.5. The summed E-state index contributed by atoms with van der Waals surface area (Å²) in [5.74, 6) is 2.12. The van der Waals surface area contributed by atoms with E-state index in [2.05, 4.69) is 15.3 Å². The number of hydrogen-bond donors (Lipinski definition) is 1. The van der Waals surface area contributed by atoms with E-state index in [9.17, 15) is 0 Å². The highest BCUT2D eigenvalue weighted by molar-refractivity contribution is 8.00. The summed E-state index contributed by atoms with van der Waals surface area (Å²) in [6.45, 7) is 0.964. The van der Waals surface area contributed by atoms with E-state index in [0.717, 1.165) is 12.4 Å². The van der Waals surface area contributed by atoms with Crippen LogP contribution in [0.3, 0.4) is 0 Å². The van der Waals surface area contributed by atoms with Gasteiger partial charge in [-0.2, -0.15) is 11.8 Å². The number of aromatic nitrogens is 2. The molecule has 2 rings (SSSR count). The van der Waals surface area contributed by atoms with Crippen LogP contribution >= 0.6 is 35.1 Å². The van der Waals surface area contributed by atoms with Crippen molar-refractivity contribution in [3.63, 3.8) is 0 Å². The highest BCUT2D eigenvalue weighted by Crippen LogP contribution is 2.26. The van der Waals surface area contributed by atoms with Gasteiger partial charge in [0.2, 0.25) is 0 Å². The maximum absolute atomic E-state index is 5.91. The van der Waals surface area contributed by atoms with Crippen molar-refractivity contribution in [2.24, 2.45) is 0 Å². The summed E-state index contributed by atoms with van der Waals surface area (Å²) < 4.78 is 0. The first-order valence-electron chi connectivity index (χ1n) is 5.22. The number of rotatable bonds is 4. The molecular formula is C10H14ClN3S2. The van der Waals surface area contributed by atoms with E-state index >= 15 is 0 Å². The van der Waals surface area contributed by atoms with E-state index in [1.807, 2.05) is 18.0 Å². The topological polar surface area (TPSA) is 37.8 Å². The summed E-state index contributed by atoms with van der Waals surface area (Å²) in [4.78, 5) is 8.46. The third-order valence-electron chi connectivity index (χ3n) is 2.39. The van der Waals surface area contributed by atoms with Gasteiger partial charge < -0.3 is 5.32 Å². The first kappa shape index (κ1) is 12.3. The van der Waals surface area contributed by atoms with Crippen LogP contribution in [-0.2, 0) is 0 Å². The summed E-state index contributed by atoms with van der Waals surface area (Å²) in [5.41, 5.74) is 0. The Morgan fingerprint density at radius 1 is 1.62 bits per heavy atom. The van der Waals surface area contributed by atoms with Gasteiger partial charge in [-0.25, -0.2) is 9.97 Å². The van der Waals surface area contributed by atoms with Crippen molar-refractivity contribution >= 4 is 40.9 Å². The van der Waals surface area contributed by atoms with Gasteiger partial charge in [-0.05, 0) is 24.9 Å². The first-order chi connectivity index (χ1) is 7.78. The monoisotopic (exact) mass is 275 g/mol. The molecule has 1 aromatic rings. The quantitative estimate of drug-likeness (QED) is 0.519. The largest absolute Gasteiger partial charge is 0.369 e. The van der Waals surface area contributed by atoms with Crippen LogP contribution in [0.25, 0.3) is 0 Å². The van der Waals surface area contributed by atoms with E-state index in [1.165, 1.54) is 30.4 Å². The molecule has 0 radical (unpaired) electrons. The highest BCUT2D eigenvalue weighted by Gasteiger charge is 2.15. The average Bonchev–Trinajstić information content (AvgIpc) is 2.78. The van der Waals surface area contributed by atoms with Gasteiger partial charge in [0.1, 0.15) is 11.0 Å². The molecule has 1 N–H and O–H groups in total. The first-order valence-corrected chi connectivity index (χ1v) is 7.87. The van der Waals surface area contributed by atoms with Gasteiger partial charge >= 0.3 is 0 Å². The van der Waals surface area contributed by atoms with Crippen molar-refractivity contribution < 1.29 is 0 Å². The standard InChI is InChI=1S/C10H14ClN3S2/c1-15-10-13-8(11)5-9(14-10)12-6-7-3-2-4-16-7/h5,7H,2-4,6H2,1H3,(H,12,13,14). The summed E-state index contributed by atoms with van der Waals surface area (Å²) in [6.07, 6.45) is 4.58. The lowest BCUT2D eigenvalue weighted by Crippen LogP contribution is -2.14. The number of thioether (sulfide) groups is 2. The Morgan fingerprint density at radius 2 is 2.50 bits per heavy atom. The molecular weight excluding hydrogens is 262 g/mol. The number of nitrogens with one attached hydrogen (secondary N) is 1. The molecule has 3 nitrogen and oxygen atoms in total. The van der Waals surface area contributed by atoms with Crippen molar-refractivity contribution in [3.05, 3.63) is 11.2 Å². The fourth-order valence-corrected chi connectivity index (χ4v) is 3.42. The number of hydrogen-bond acceptors (Lipinski definition) is 5. The van der Waals surface area contributed by atoms with Crippen LogP contribution in [0, 0.1) is 0 Å². The molecule has 1 atom stereocenters. The van der Waals surface area contributed by atoms with Crippen molar-refractivity contribution in [3.8, 4) is 0 Å². The lowest BCUT2D eigenvalue weighted by Gasteiger charge is -2.11. The maximum Gasteiger partial charge on any atom is 0.190 e. The maximum atomic E-state index is 5.91. The van der Waals surface area contributed by atoms with Crippen LogP contribution in [0.4, 0.5) is 5.82 Å². The van der Waals surface area contributed by atoms with Gasteiger partial charge in [0.05, 0.1) is 0 Å². The molecule has 1 unspecified atom stereocenters. The van der Waals surface area contributed by atoms with Crippen molar-refractivity contribution in [2.45, 2.75) is 23.2 Å². The van der Waals surface area contributed by atoms with Crippen molar-refractivity contribution in [1.82, 2.24) is 9.97 Å². The predicted molar refractivity (Wildman–Crippen MR) is 72.8 cm³/mol. The van der Waals surface area contributed by atoms with E-state index in [4.69, 9.17) is 11.6 Å². The lowest BCUT2D eigenvalue weighted by atomic mass is 10.2. The molecule has 1 saturated heterocycles. The van der Waals surface area contributed by atoms with Crippen LogP contribution in [-0.4, -0.2) is 33.8 Å². The lowest BCUT2D eigenvalue weighted by molar-refractivity contribution is 0.800. The minimum atomic E-state index is 0.501. The molecule has 1 aliphatic heterocycles. The summed E-state index contributed by atoms with van der Waals surface area (Å²) in [7, 11) is 0. The Hall–Kier alpha value is -0.130. The Morgan fingerprint density at radius 3 is 3.19 bits per heavy atom. The molecule has 1 aliphatic rings. The fraction of sp³-hybridized carbons (Fsp3) is 0.600. The van der Waals surface area contributed by atoms with Crippen molar-refractivity contribution in [1.29, 1.82) is 0 Å². The van der Waals surface area contributed by atoms with Gasteiger partial charge in [-0.3, -0.25) is 0 Å². The molecule has 0 saturated carbocycles. The third-order valence-corrected chi connectivity index (χ3v) is 4.53. The minimum absolute atomic E-state index is 0.501. The molecule has 16 heavy (non-hydrogen) atoms. The van der Waals surface area contributed by atoms with E-state index < -0.39 is 0 Å². The Bertz CT molecular complexity index is 356. The molecule has 1 fully saturated rings. The van der Waals surface area contributed by atoms with E-state index in [1.54, 1.807) is 6.07 Å². The second kappa shape index (κ2) is 5.98. The molecule has 0 bridgehead atoms. The zero-order valence-corrected chi connectivity index (χ0v) is 11.5. The summed E-state index contributed by atoms with van der Waals surface area (Å²) in [5, 5.41) is 5.26. The minimum Gasteiger partial charge on any atom is -0.369 e. The Kier molecular flexibility index (Phi) is 4.61. The summed E-state index contributed by atoms with van der Waals surface area (Å²) >= 11 is 9.45. The van der Waals surface area contributed by atoms with Crippen LogP contribution in [0.1, 0.15) is 12.8 Å². The fourth-order valence-electron chi connectivity index (χ4n) is 1.60. The average molecular weight is 276 g/mol. The molecule has 0 aromatic carbocycles. The Balaban J connectivity index is 1.94. The molecule has 0 amide bonds. The third kappa shape index (κ3) is 3.43. The molecule has 0 aliphatic carbocycles. The van der Waals surface area contributed by atoms with Gasteiger partial charge in [0.25, 0.3) is 0 Å². The van der Waals surface area contributed by atoms with Crippen LogP contribution in [0.5, 0.6) is 0 Å². The molecule has 88 valence electrons. The normalized spacial score (nSPS) is 20.0. The van der Waals surface area contributed by atoms with Crippen LogP contribution in [0.2, 0.25) is 5.15 Å². The number of nitrogens with zero attached hydrogens (tertiary/aromatic N) is 2. The SMILES string of the molecule is CSc1nc(Cl)cc(NCC2CCCS2)n1. The molecule has 6 heteroatoms. The second-order valence-corrected chi connectivity index (χ2v) is 6.15. The van der Waals surface area contributed by atoms with E-state index in [-0.39, 0.29) is 0 Å². The second-order valence-electron chi connectivity index (χ2n) is 3.58. The van der Waals surface area contributed by atoms with Crippen molar-refractivity contribution in [2.75, 3.05) is 23.9 Å². The molecule has 2 heterocycles. The van der Waals surface area contributed by atoms with Gasteiger partial charge in [-0.1, -0.05) is 23.4 Å². The zero-order chi connectivity index (χ0) is 11.4. The van der Waals surface area contributed by atoms with Crippen LogP contribution in [0.15, 0.2) is 11.2 Å².